The van der Waals surface area contributed by atoms with Crippen LogP contribution in [0.1, 0.15) is 22.8 Å². The Bertz CT molecular complexity index is 1040. The Morgan fingerprint density at radius 3 is 2.77 bits per heavy atom. The molecule has 0 saturated heterocycles. The highest BCUT2D eigenvalue weighted by Crippen LogP contribution is 2.33. The van der Waals surface area contributed by atoms with Gasteiger partial charge < -0.3 is 19.4 Å². The number of nitrogens with zero attached hydrogens (tertiary/aromatic N) is 1. The van der Waals surface area contributed by atoms with E-state index in [4.69, 9.17) is 9.47 Å². The van der Waals surface area contributed by atoms with Crippen molar-refractivity contribution in [2.24, 2.45) is 0 Å². The first-order valence-corrected chi connectivity index (χ1v) is 8.45. The minimum Gasteiger partial charge on any atom is -0.454 e. The second-order valence-corrected chi connectivity index (χ2v) is 6.10. The lowest BCUT2D eigenvalue weighted by Crippen LogP contribution is -2.31. The van der Waals surface area contributed by atoms with Gasteiger partial charge in [-0.3, -0.25) is 9.59 Å². The lowest BCUT2D eigenvalue weighted by Gasteiger charge is -2.22. The van der Waals surface area contributed by atoms with Crippen LogP contribution in [0, 0.1) is 0 Å². The smallest absolute Gasteiger partial charge is 0.255 e. The van der Waals surface area contributed by atoms with Gasteiger partial charge in [0.1, 0.15) is 0 Å². The van der Waals surface area contributed by atoms with Gasteiger partial charge in [0.05, 0.1) is 5.56 Å². The maximum Gasteiger partial charge on any atom is 0.255 e. The molecule has 6 nitrogen and oxygen atoms in total. The van der Waals surface area contributed by atoms with Gasteiger partial charge >= 0.3 is 0 Å². The molecule has 0 saturated carbocycles. The number of ether oxygens (including phenoxy) is 2. The third-order valence-electron chi connectivity index (χ3n) is 4.46. The summed E-state index contributed by atoms with van der Waals surface area (Å²) in [6, 6.07) is 14.3. The molecule has 0 spiro atoms. The summed E-state index contributed by atoms with van der Waals surface area (Å²) in [5, 5.41) is 0.737. The molecule has 3 aromatic rings. The minimum absolute atomic E-state index is 0.174. The molecule has 1 amide bonds. The molecule has 1 aliphatic heterocycles. The number of nitrogens with one attached hydrogen (secondary N) is 1. The van der Waals surface area contributed by atoms with Gasteiger partial charge in [0, 0.05) is 30.1 Å². The van der Waals surface area contributed by atoms with Crippen molar-refractivity contribution in [3.63, 3.8) is 0 Å². The van der Waals surface area contributed by atoms with Crippen LogP contribution in [0.4, 0.5) is 0 Å². The van der Waals surface area contributed by atoms with E-state index in [1.54, 1.807) is 11.0 Å². The van der Waals surface area contributed by atoms with Gasteiger partial charge in [-0.15, -0.1) is 0 Å². The summed E-state index contributed by atoms with van der Waals surface area (Å²) in [6.45, 7) is 3.08. The highest BCUT2D eigenvalue weighted by molar-refractivity contribution is 6.05. The fraction of sp³-hybridized carbons (Fsp3) is 0.200. The molecule has 0 fully saturated rings. The summed E-state index contributed by atoms with van der Waals surface area (Å²) in [6.07, 6.45) is 0. The quantitative estimate of drug-likeness (QED) is 0.785. The lowest BCUT2D eigenvalue weighted by molar-refractivity contribution is 0.0754. The van der Waals surface area contributed by atoms with Gasteiger partial charge in [-0.1, -0.05) is 24.3 Å². The number of aromatic nitrogens is 1. The van der Waals surface area contributed by atoms with Crippen molar-refractivity contribution in [3.8, 4) is 11.5 Å². The Morgan fingerprint density at radius 1 is 1.12 bits per heavy atom. The van der Waals surface area contributed by atoms with Crippen LogP contribution in [0.25, 0.3) is 10.9 Å². The number of aromatic amines is 1. The van der Waals surface area contributed by atoms with Crippen molar-refractivity contribution < 1.29 is 14.3 Å². The Labute approximate surface area is 150 Å². The summed E-state index contributed by atoms with van der Waals surface area (Å²) in [5.74, 6) is 1.23. The Kier molecular flexibility index (Phi) is 4.08. The van der Waals surface area contributed by atoms with E-state index < -0.39 is 0 Å². The van der Waals surface area contributed by atoms with E-state index in [1.165, 1.54) is 6.07 Å². The normalized spacial score (nSPS) is 12.3. The predicted octanol–water partition coefficient (Wildman–Crippen LogP) is 2.92. The highest BCUT2D eigenvalue weighted by Gasteiger charge is 2.20. The van der Waals surface area contributed by atoms with Crippen molar-refractivity contribution >= 4 is 16.8 Å². The van der Waals surface area contributed by atoms with Crippen LogP contribution in [0.2, 0.25) is 0 Å². The van der Waals surface area contributed by atoms with Crippen molar-refractivity contribution in [2.75, 3.05) is 13.3 Å². The third-order valence-corrected chi connectivity index (χ3v) is 4.46. The zero-order valence-electron chi connectivity index (χ0n) is 14.3. The highest BCUT2D eigenvalue weighted by atomic mass is 16.7. The number of fused-ring (bicyclic) bond motifs is 2. The van der Waals surface area contributed by atoms with E-state index in [-0.39, 0.29) is 18.3 Å². The molecule has 1 aliphatic rings. The number of H-pyrrole nitrogens is 1. The number of hydrogen-bond donors (Lipinski definition) is 1. The summed E-state index contributed by atoms with van der Waals surface area (Å²) in [7, 11) is 0. The Morgan fingerprint density at radius 2 is 1.92 bits per heavy atom. The van der Waals surface area contributed by atoms with Crippen LogP contribution < -0.4 is 15.0 Å². The molecule has 0 aliphatic carbocycles. The second kappa shape index (κ2) is 6.55. The third kappa shape index (κ3) is 2.90. The molecule has 2 heterocycles. The lowest BCUT2D eigenvalue weighted by atomic mass is 10.1. The number of pyridine rings is 1. The molecule has 6 heteroatoms. The fourth-order valence-electron chi connectivity index (χ4n) is 3.14. The van der Waals surface area contributed by atoms with Crippen LogP contribution in [-0.2, 0) is 6.54 Å². The fourth-order valence-corrected chi connectivity index (χ4v) is 3.14. The van der Waals surface area contributed by atoms with E-state index in [1.807, 2.05) is 43.3 Å². The number of hydrogen-bond acceptors (Lipinski definition) is 4. The van der Waals surface area contributed by atoms with Crippen LogP contribution >= 0.6 is 0 Å². The zero-order valence-corrected chi connectivity index (χ0v) is 14.3. The number of benzene rings is 2. The number of amides is 1. The Hall–Kier alpha value is -3.28. The first-order chi connectivity index (χ1) is 12.7. The maximum absolute atomic E-state index is 13.1. The van der Waals surface area contributed by atoms with Gasteiger partial charge in [0.15, 0.2) is 11.5 Å². The molecular formula is C20H18N2O4. The topological polar surface area (TPSA) is 71.6 Å². The molecule has 0 unspecified atom stereocenters. The van der Waals surface area contributed by atoms with E-state index >= 15 is 0 Å². The van der Waals surface area contributed by atoms with E-state index in [9.17, 15) is 9.59 Å². The first kappa shape index (κ1) is 16.2. The van der Waals surface area contributed by atoms with Crippen LogP contribution in [0.15, 0.2) is 53.3 Å². The molecular weight excluding hydrogens is 332 g/mol. The zero-order chi connectivity index (χ0) is 18.1. The van der Waals surface area contributed by atoms with E-state index in [0.717, 1.165) is 10.9 Å². The number of para-hydroxylation sites is 1. The van der Waals surface area contributed by atoms with Crippen LogP contribution in [0.3, 0.4) is 0 Å². The molecule has 0 atom stereocenters. The summed E-state index contributed by atoms with van der Waals surface area (Å²) < 4.78 is 10.7. The van der Waals surface area contributed by atoms with Crippen molar-refractivity contribution in [3.05, 3.63) is 70.0 Å². The number of rotatable bonds is 4. The van der Waals surface area contributed by atoms with Crippen LogP contribution in [-0.4, -0.2) is 29.1 Å². The largest absolute Gasteiger partial charge is 0.454 e. The minimum atomic E-state index is -0.286. The van der Waals surface area contributed by atoms with Gasteiger partial charge in [0.25, 0.3) is 5.91 Å². The second-order valence-electron chi connectivity index (χ2n) is 6.10. The average Bonchev–Trinajstić information content (AvgIpc) is 3.12. The molecule has 0 bridgehead atoms. The molecule has 0 radical (unpaired) electrons. The van der Waals surface area contributed by atoms with E-state index in [0.29, 0.717) is 35.7 Å². The molecule has 132 valence electrons. The van der Waals surface area contributed by atoms with Gasteiger partial charge in [-0.05, 0) is 30.7 Å². The SMILES string of the molecule is CCN(Cc1ccc2c(c1)OCO2)C(=O)c1cc(=O)[nH]c2ccccc12. The van der Waals surface area contributed by atoms with E-state index in [2.05, 4.69) is 4.98 Å². The predicted molar refractivity (Wildman–Crippen MR) is 97.5 cm³/mol. The first-order valence-electron chi connectivity index (χ1n) is 8.45. The number of carbonyl (C=O) groups excluding carboxylic acids is 1. The van der Waals surface area contributed by atoms with Crippen molar-refractivity contribution in [1.82, 2.24) is 9.88 Å². The molecule has 4 rings (SSSR count). The standard InChI is InChI=1S/C20H18N2O4/c1-2-22(11-13-7-8-17-18(9-13)26-12-25-17)20(24)15-10-19(23)21-16-6-4-3-5-14(15)16/h3-10H,2,11-12H2,1H3,(H,21,23). The summed E-state index contributed by atoms with van der Waals surface area (Å²) in [4.78, 5) is 29.5. The number of carbonyl (C=O) groups is 1. The monoisotopic (exact) mass is 350 g/mol. The van der Waals surface area contributed by atoms with Gasteiger partial charge in [-0.2, -0.15) is 0 Å². The van der Waals surface area contributed by atoms with Gasteiger partial charge in [0.2, 0.25) is 12.4 Å². The Balaban J connectivity index is 1.67. The molecule has 1 N–H and O–H groups in total. The average molecular weight is 350 g/mol. The van der Waals surface area contributed by atoms with Crippen molar-refractivity contribution in [2.45, 2.75) is 13.5 Å². The van der Waals surface area contributed by atoms with Crippen molar-refractivity contribution in [1.29, 1.82) is 0 Å². The summed E-state index contributed by atoms with van der Waals surface area (Å²) >= 11 is 0. The maximum atomic E-state index is 13.1. The van der Waals surface area contributed by atoms with Crippen LogP contribution in [0.5, 0.6) is 11.5 Å². The molecule has 26 heavy (non-hydrogen) atoms. The molecule has 2 aromatic carbocycles. The summed E-state index contributed by atoms with van der Waals surface area (Å²) in [5.41, 5.74) is 1.72. The van der Waals surface area contributed by atoms with Gasteiger partial charge in [-0.25, -0.2) is 0 Å². The molecule has 1 aromatic heterocycles.